The van der Waals surface area contributed by atoms with Crippen LogP contribution < -0.4 is 4.90 Å². The third-order valence-corrected chi connectivity index (χ3v) is 14.3. The van der Waals surface area contributed by atoms with E-state index in [-0.39, 0.29) is 33.3 Å². The Hall–Kier alpha value is -2.44. The molecule has 1 saturated heterocycles. The smallest absolute Gasteiger partial charge is 0.338 e. The minimum absolute atomic E-state index is 0.113. The molecule has 7 nitrogen and oxygen atoms in total. The first-order valence-electron chi connectivity index (χ1n) is 15.9. The van der Waals surface area contributed by atoms with Crippen molar-refractivity contribution in [1.82, 2.24) is 9.97 Å². The highest BCUT2D eigenvalue weighted by atomic mass is 16.4. The number of aromatic nitrogens is 2. The molecule has 0 spiro atoms. The fraction of sp³-hybridized carbons (Fsp3) is 0.765. The van der Waals surface area contributed by atoms with E-state index in [2.05, 4.69) is 63.0 Å². The van der Waals surface area contributed by atoms with Gasteiger partial charge in [0, 0.05) is 24.5 Å². The predicted molar refractivity (Wildman–Crippen MR) is 159 cm³/mol. The third-order valence-electron chi connectivity index (χ3n) is 14.3. The molecule has 4 aliphatic carbocycles. The Balaban J connectivity index is 1.34. The monoisotopic (exact) mass is 563 g/mol. The van der Waals surface area contributed by atoms with Crippen molar-refractivity contribution >= 4 is 17.9 Å². The van der Waals surface area contributed by atoms with E-state index in [0.29, 0.717) is 29.6 Å². The largest absolute Gasteiger partial charge is 0.481 e. The second kappa shape index (κ2) is 9.03. The van der Waals surface area contributed by atoms with Crippen LogP contribution in [0.15, 0.2) is 24.5 Å². The molecular weight excluding hydrogens is 514 g/mol. The number of allylic oxidation sites excluding steroid dienone is 1. The molecule has 0 radical (unpaired) electrons. The molecule has 2 N–H and O–H groups in total. The van der Waals surface area contributed by atoms with Crippen LogP contribution in [0.4, 0.5) is 5.95 Å². The molecule has 7 heteroatoms. The summed E-state index contributed by atoms with van der Waals surface area (Å²) in [4.78, 5) is 35.6. The van der Waals surface area contributed by atoms with Crippen LogP contribution in [0.25, 0.3) is 0 Å². The molecule has 0 bridgehead atoms. The molecule has 6 rings (SSSR count). The van der Waals surface area contributed by atoms with Gasteiger partial charge in [-0.05, 0) is 124 Å². The van der Waals surface area contributed by atoms with E-state index in [1.54, 1.807) is 0 Å². The summed E-state index contributed by atoms with van der Waals surface area (Å²) in [5.41, 5.74) is 0.974. The van der Waals surface area contributed by atoms with Gasteiger partial charge in [0.25, 0.3) is 0 Å². The molecule has 1 aliphatic heterocycles. The molecule has 0 aromatic carbocycles. The normalized spacial score (nSPS) is 44.6. The van der Waals surface area contributed by atoms with Crippen molar-refractivity contribution < 1.29 is 19.8 Å². The number of rotatable bonds is 4. The second-order valence-electron chi connectivity index (χ2n) is 15.8. The first-order chi connectivity index (χ1) is 19.1. The van der Waals surface area contributed by atoms with Gasteiger partial charge in [-0.1, -0.05) is 32.9 Å². The molecule has 1 aromatic rings. The number of aromatic carboxylic acids is 1. The van der Waals surface area contributed by atoms with Gasteiger partial charge in [0.1, 0.15) is 0 Å². The van der Waals surface area contributed by atoms with Gasteiger partial charge in [0.05, 0.1) is 11.0 Å². The summed E-state index contributed by atoms with van der Waals surface area (Å²) in [7, 11) is 0. The van der Waals surface area contributed by atoms with Gasteiger partial charge in [0.15, 0.2) is 0 Å². The fourth-order valence-corrected chi connectivity index (χ4v) is 12.1. The summed E-state index contributed by atoms with van der Waals surface area (Å²) in [5.74, 6) is 1.02. The number of hydrogen-bond donors (Lipinski definition) is 2. The maximum atomic E-state index is 12.9. The van der Waals surface area contributed by atoms with E-state index in [0.717, 1.165) is 57.9 Å². The Bertz CT molecular complexity index is 1280. The maximum absolute atomic E-state index is 12.9. The Kier molecular flexibility index (Phi) is 6.31. The van der Waals surface area contributed by atoms with Crippen molar-refractivity contribution in [3.05, 3.63) is 30.1 Å². The Labute approximate surface area is 245 Å². The van der Waals surface area contributed by atoms with E-state index in [1.807, 2.05) is 0 Å². The summed E-state index contributed by atoms with van der Waals surface area (Å²) in [6.45, 7) is 19.7. The molecule has 5 aliphatic rings. The van der Waals surface area contributed by atoms with Crippen LogP contribution in [0, 0.1) is 51.2 Å². The fourth-order valence-electron chi connectivity index (χ4n) is 12.1. The summed E-state index contributed by atoms with van der Waals surface area (Å²) in [6.07, 6.45) is 12.1. The quantitative estimate of drug-likeness (QED) is 0.377. The Morgan fingerprint density at radius 2 is 1.56 bits per heavy atom. The van der Waals surface area contributed by atoms with E-state index < -0.39 is 17.4 Å². The number of aliphatic carboxylic acids is 1. The highest BCUT2D eigenvalue weighted by Crippen LogP contribution is 2.76. The molecule has 41 heavy (non-hydrogen) atoms. The van der Waals surface area contributed by atoms with Gasteiger partial charge in [-0.2, -0.15) is 0 Å². The van der Waals surface area contributed by atoms with Crippen LogP contribution in [0.1, 0.15) is 110 Å². The van der Waals surface area contributed by atoms with Crippen LogP contribution in [-0.4, -0.2) is 44.2 Å². The van der Waals surface area contributed by atoms with E-state index in [1.165, 1.54) is 24.4 Å². The van der Waals surface area contributed by atoms with Crippen LogP contribution in [0.3, 0.4) is 0 Å². The number of anilines is 1. The summed E-state index contributed by atoms with van der Waals surface area (Å²) >= 11 is 0. The number of hydrogen-bond acceptors (Lipinski definition) is 5. The molecule has 2 heterocycles. The van der Waals surface area contributed by atoms with Crippen molar-refractivity contribution in [1.29, 1.82) is 0 Å². The lowest BCUT2D eigenvalue weighted by Crippen LogP contribution is -2.70. The Morgan fingerprint density at radius 1 is 0.878 bits per heavy atom. The molecule has 224 valence electrons. The highest BCUT2D eigenvalue weighted by Gasteiger charge is 2.72. The minimum atomic E-state index is -1.01. The number of piperidine rings is 1. The topological polar surface area (TPSA) is 104 Å². The van der Waals surface area contributed by atoms with Gasteiger partial charge in [-0.15, -0.1) is 0 Å². The molecule has 0 amide bonds. The van der Waals surface area contributed by atoms with Gasteiger partial charge in [-0.25, -0.2) is 14.8 Å². The van der Waals surface area contributed by atoms with Crippen molar-refractivity contribution in [2.24, 2.45) is 51.2 Å². The van der Waals surface area contributed by atoms with Gasteiger partial charge < -0.3 is 15.1 Å². The van der Waals surface area contributed by atoms with Crippen molar-refractivity contribution in [3.8, 4) is 0 Å². The zero-order valence-corrected chi connectivity index (χ0v) is 25.9. The molecule has 5 fully saturated rings. The molecule has 9 atom stereocenters. The van der Waals surface area contributed by atoms with Gasteiger partial charge >= 0.3 is 11.9 Å². The van der Waals surface area contributed by atoms with E-state index >= 15 is 0 Å². The average molecular weight is 564 g/mol. The number of fused-ring (bicyclic) bond motifs is 7. The maximum Gasteiger partial charge on any atom is 0.338 e. The first-order valence-corrected chi connectivity index (χ1v) is 15.9. The number of nitrogens with zero attached hydrogens (tertiary/aromatic N) is 3. The number of carbonyl (C=O) groups is 2. The third kappa shape index (κ3) is 3.62. The van der Waals surface area contributed by atoms with Gasteiger partial charge in [-0.3, -0.25) is 4.79 Å². The van der Waals surface area contributed by atoms with E-state index in [9.17, 15) is 19.8 Å². The van der Waals surface area contributed by atoms with Crippen LogP contribution in [-0.2, 0) is 4.79 Å². The van der Waals surface area contributed by atoms with Crippen LogP contribution in [0.2, 0.25) is 0 Å². The lowest BCUT2D eigenvalue weighted by molar-refractivity contribution is -0.230. The van der Waals surface area contributed by atoms with Crippen molar-refractivity contribution in [2.75, 3.05) is 11.4 Å². The molecule has 4 saturated carbocycles. The lowest BCUT2D eigenvalue weighted by atomic mass is 9.33. The predicted octanol–water partition coefficient (Wildman–Crippen LogP) is 7.09. The zero-order valence-electron chi connectivity index (χ0n) is 25.9. The average Bonchev–Trinajstić information content (AvgIpc) is 3.30. The number of carboxylic acids is 2. The highest BCUT2D eigenvalue weighted by molar-refractivity contribution is 5.86. The van der Waals surface area contributed by atoms with Crippen molar-refractivity contribution in [3.63, 3.8) is 0 Å². The summed E-state index contributed by atoms with van der Waals surface area (Å²) in [5, 5.41) is 19.9. The minimum Gasteiger partial charge on any atom is -0.481 e. The number of carboxylic acid groups (broad SMARTS) is 2. The molecule has 0 unspecified atom stereocenters. The van der Waals surface area contributed by atoms with E-state index in [4.69, 9.17) is 0 Å². The standard InChI is InChI=1S/C34H49N3O4/c1-20(2)22-10-13-34(28(40)41)15-14-32(6)23(26(22)34)8-9-25-31(5)16-17-37(29-35-18-21(19-36-29)27(38)39)30(3,4)24(31)11-12-33(25,32)7/h18-19,22-26H,1,8-17H2,2-7H3,(H,38,39)(H,40,41)/t22-,23+,24-,25+,26+,31-,32+,33+,34-/m0/s1. The van der Waals surface area contributed by atoms with Crippen LogP contribution >= 0.6 is 0 Å². The Morgan fingerprint density at radius 3 is 2.17 bits per heavy atom. The molecular formula is C34H49N3O4. The lowest BCUT2D eigenvalue weighted by Gasteiger charge is -2.73. The summed E-state index contributed by atoms with van der Waals surface area (Å²) < 4.78 is 0. The SMILES string of the molecule is C=C(C)[C@@H]1CC[C@]2(C(=O)O)CC[C@]3(C)[C@H](CC[C@@H]4[C@@]5(C)CCN(c6ncc(C(=O)O)cn6)C(C)(C)[C@@H]5CC[C@]43C)[C@@H]12. The molecule has 1 aromatic heterocycles. The van der Waals surface area contributed by atoms with Crippen LogP contribution in [0.5, 0.6) is 0 Å². The summed E-state index contributed by atoms with van der Waals surface area (Å²) in [6, 6.07) is 0. The van der Waals surface area contributed by atoms with Crippen molar-refractivity contribution in [2.45, 2.75) is 105 Å². The zero-order chi connectivity index (χ0) is 29.8. The first kappa shape index (κ1) is 28.7. The second-order valence-corrected chi connectivity index (χ2v) is 15.8. The van der Waals surface area contributed by atoms with Gasteiger partial charge in [0.2, 0.25) is 5.95 Å².